The average molecular weight is 466 g/mol. The fourth-order valence-corrected chi connectivity index (χ4v) is 4.38. The van der Waals surface area contributed by atoms with Gasteiger partial charge in [0.2, 0.25) is 0 Å². The highest BCUT2D eigenvalue weighted by atomic mass is 16.5. The van der Waals surface area contributed by atoms with Gasteiger partial charge in [-0.2, -0.15) is 0 Å². The third-order valence-electron chi connectivity index (χ3n) is 6.09. The van der Waals surface area contributed by atoms with Crippen molar-refractivity contribution in [3.8, 4) is 11.5 Å². The van der Waals surface area contributed by atoms with Crippen LogP contribution in [0.5, 0.6) is 11.5 Å². The number of aromatic hydroxyl groups is 1. The minimum Gasteiger partial charge on any atom is -0.508 e. The predicted octanol–water partition coefficient (Wildman–Crippen LogP) is 5.70. The average Bonchev–Trinajstić information content (AvgIpc) is 3.03. The minimum absolute atomic E-state index is 0.0349. The van der Waals surface area contributed by atoms with E-state index < -0.39 is 17.7 Å². The molecule has 1 fully saturated rings. The van der Waals surface area contributed by atoms with Crippen molar-refractivity contribution in [2.45, 2.75) is 65.3 Å². The number of amides is 1. The summed E-state index contributed by atoms with van der Waals surface area (Å²) in [7, 11) is 0. The van der Waals surface area contributed by atoms with Gasteiger partial charge in [0, 0.05) is 17.7 Å². The lowest BCUT2D eigenvalue weighted by Crippen LogP contribution is -2.30. The molecule has 0 aromatic heterocycles. The normalized spacial score (nSPS) is 17.9. The predicted molar refractivity (Wildman–Crippen MR) is 133 cm³/mol. The van der Waals surface area contributed by atoms with E-state index in [2.05, 4.69) is 6.92 Å². The van der Waals surface area contributed by atoms with E-state index in [0.717, 1.165) is 30.6 Å². The zero-order valence-corrected chi connectivity index (χ0v) is 20.7. The van der Waals surface area contributed by atoms with Crippen LogP contribution in [0.4, 0.5) is 0 Å². The van der Waals surface area contributed by atoms with Crippen LogP contribution in [-0.4, -0.2) is 40.0 Å². The molecule has 0 spiro atoms. The number of benzene rings is 2. The Bertz CT molecular complexity index is 1100. The Morgan fingerprint density at radius 2 is 1.79 bits per heavy atom. The molecule has 1 heterocycles. The van der Waals surface area contributed by atoms with E-state index in [1.807, 2.05) is 33.8 Å². The maximum Gasteiger partial charge on any atom is 0.295 e. The van der Waals surface area contributed by atoms with Gasteiger partial charge in [0.05, 0.1) is 18.2 Å². The molecule has 0 aliphatic carbocycles. The SMILES string of the molecule is CCCCCN1C(=O)C(=O)/C(=C(\O)c2ccc(OCC)c(C(C)(C)C)c2)C1c1cccc(O)c1. The van der Waals surface area contributed by atoms with Gasteiger partial charge < -0.3 is 19.8 Å². The number of hydrogen-bond acceptors (Lipinski definition) is 5. The van der Waals surface area contributed by atoms with Crippen molar-refractivity contribution < 1.29 is 24.5 Å². The molecule has 2 aromatic rings. The van der Waals surface area contributed by atoms with Gasteiger partial charge >= 0.3 is 0 Å². The Balaban J connectivity index is 2.18. The van der Waals surface area contributed by atoms with E-state index in [4.69, 9.17) is 4.74 Å². The first-order valence-electron chi connectivity index (χ1n) is 11.9. The Hall–Kier alpha value is -3.28. The second-order valence-electron chi connectivity index (χ2n) is 9.69. The van der Waals surface area contributed by atoms with E-state index in [1.165, 1.54) is 17.0 Å². The van der Waals surface area contributed by atoms with Gasteiger partial charge in [0.15, 0.2) is 0 Å². The number of unbranched alkanes of at least 4 members (excludes halogenated alkanes) is 2. The number of rotatable bonds is 8. The minimum atomic E-state index is -0.770. The summed E-state index contributed by atoms with van der Waals surface area (Å²) in [5.41, 5.74) is 1.70. The van der Waals surface area contributed by atoms with E-state index >= 15 is 0 Å². The molecule has 1 aliphatic heterocycles. The van der Waals surface area contributed by atoms with Gasteiger partial charge in [-0.25, -0.2) is 0 Å². The summed E-state index contributed by atoms with van der Waals surface area (Å²) >= 11 is 0. The van der Waals surface area contributed by atoms with Crippen LogP contribution in [0.1, 0.15) is 76.6 Å². The first-order valence-corrected chi connectivity index (χ1v) is 11.9. The topological polar surface area (TPSA) is 87.1 Å². The zero-order chi connectivity index (χ0) is 25.0. The fraction of sp³-hybridized carbons (Fsp3) is 0.429. The lowest BCUT2D eigenvalue weighted by atomic mass is 9.84. The molecule has 3 rings (SSSR count). The Morgan fingerprint density at radius 3 is 2.41 bits per heavy atom. The molecule has 2 aromatic carbocycles. The number of nitrogens with zero attached hydrogens (tertiary/aromatic N) is 1. The number of ether oxygens (including phenoxy) is 1. The van der Waals surface area contributed by atoms with Crippen molar-refractivity contribution in [1.82, 2.24) is 4.90 Å². The lowest BCUT2D eigenvalue weighted by molar-refractivity contribution is -0.139. The largest absolute Gasteiger partial charge is 0.508 e. The van der Waals surface area contributed by atoms with Crippen molar-refractivity contribution in [2.75, 3.05) is 13.2 Å². The standard InChI is InChI=1S/C28H35NO5/c1-6-8-9-15-29-24(18-11-10-12-20(30)16-18)23(26(32)27(29)33)25(31)19-13-14-22(34-7-2)21(17-19)28(3,4)5/h10-14,16-17,24,30-31H,6-9,15H2,1-5H3/b25-23-. The quantitative estimate of drug-likeness (QED) is 0.226. The molecule has 1 amide bonds. The number of likely N-dealkylation sites (tertiary alicyclic amines) is 1. The van der Waals surface area contributed by atoms with Crippen LogP contribution >= 0.6 is 0 Å². The summed E-state index contributed by atoms with van der Waals surface area (Å²) in [5.74, 6) is -0.816. The van der Waals surface area contributed by atoms with Crippen molar-refractivity contribution in [3.63, 3.8) is 0 Å². The molecule has 182 valence electrons. The molecule has 1 saturated heterocycles. The van der Waals surface area contributed by atoms with Crippen LogP contribution in [0, 0.1) is 0 Å². The molecular formula is C28H35NO5. The third-order valence-corrected chi connectivity index (χ3v) is 6.09. The summed E-state index contributed by atoms with van der Waals surface area (Å²) in [6, 6.07) is 11.1. The van der Waals surface area contributed by atoms with Crippen LogP contribution in [-0.2, 0) is 15.0 Å². The Labute approximate surface area is 201 Å². The van der Waals surface area contributed by atoms with E-state index in [1.54, 1.807) is 24.3 Å². The van der Waals surface area contributed by atoms with Crippen molar-refractivity contribution in [2.24, 2.45) is 0 Å². The number of aliphatic hydroxyl groups excluding tert-OH is 1. The number of ketones is 1. The second-order valence-corrected chi connectivity index (χ2v) is 9.69. The van der Waals surface area contributed by atoms with Crippen LogP contribution in [0.15, 0.2) is 48.0 Å². The first kappa shape index (κ1) is 25.3. The third kappa shape index (κ3) is 5.11. The second kappa shape index (κ2) is 10.3. The molecule has 1 aliphatic rings. The Morgan fingerprint density at radius 1 is 1.06 bits per heavy atom. The highest BCUT2D eigenvalue weighted by Gasteiger charge is 2.46. The van der Waals surface area contributed by atoms with Gasteiger partial charge in [-0.1, -0.05) is 52.7 Å². The molecule has 6 heteroatoms. The Kier molecular flexibility index (Phi) is 7.70. The number of carbonyl (C=O) groups is 2. The zero-order valence-electron chi connectivity index (χ0n) is 20.7. The van der Waals surface area contributed by atoms with Gasteiger partial charge in [0.25, 0.3) is 11.7 Å². The van der Waals surface area contributed by atoms with Crippen LogP contribution in [0.3, 0.4) is 0 Å². The van der Waals surface area contributed by atoms with E-state index in [9.17, 15) is 19.8 Å². The molecule has 1 unspecified atom stereocenters. The molecule has 1 atom stereocenters. The molecule has 6 nitrogen and oxygen atoms in total. The number of phenolic OH excluding ortho intramolecular Hbond substituents is 1. The number of aliphatic hydroxyl groups is 1. The number of phenols is 1. The number of hydrogen-bond donors (Lipinski definition) is 2. The highest BCUT2D eigenvalue weighted by Crippen LogP contribution is 2.41. The van der Waals surface area contributed by atoms with E-state index in [0.29, 0.717) is 24.3 Å². The number of Topliss-reactive ketones (excluding diaryl/α,β-unsaturated/α-hetero) is 1. The smallest absolute Gasteiger partial charge is 0.295 e. The summed E-state index contributed by atoms with van der Waals surface area (Å²) in [6.07, 6.45) is 2.64. The maximum absolute atomic E-state index is 13.2. The van der Waals surface area contributed by atoms with Crippen LogP contribution in [0.2, 0.25) is 0 Å². The fourth-order valence-electron chi connectivity index (χ4n) is 4.38. The van der Waals surface area contributed by atoms with Crippen molar-refractivity contribution in [1.29, 1.82) is 0 Å². The van der Waals surface area contributed by atoms with Gasteiger partial charge in [-0.3, -0.25) is 9.59 Å². The molecule has 0 saturated carbocycles. The lowest BCUT2D eigenvalue weighted by Gasteiger charge is -2.26. The molecule has 0 radical (unpaired) electrons. The summed E-state index contributed by atoms with van der Waals surface area (Å²) in [4.78, 5) is 27.7. The van der Waals surface area contributed by atoms with Crippen molar-refractivity contribution >= 4 is 17.4 Å². The molecule has 2 N–H and O–H groups in total. The molecular weight excluding hydrogens is 430 g/mol. The first-order chi connectivity index (χ1) is 16.1. The van der Waals surface area contributed by atoms with E-state index in [-0.39, 0.29) is 22.5 Å². The summed E-state index contributed by atoms with van der Waals surface area (Å²) < 4.78 is 5.78. The van der Waals surface area contributed by atoms with Gasteiger partial charge in [-0.15, -0.1) is 0 Å². The van der Waals surface area contributed by atoms with Crippen LogP contribution < -0.4 is 4.74 Å². The molecule has 34 heavy (non-hydrogen) atoms. The maximum atomic E-state index is 13.2. The highest BCUT2D eigenvalue weighted by molar-refractivity contribution is 6.46. The van der Waals surface area contributed by atoms with Gasteiger partial charge in [-0.05, 0) is 54.7 Å². The molecule has 0 bridgehead atoms. The summed E-state index contributed by atoms with van der Waals surface area (Å²) in [6.45, 7) is 11.0. The van der Waals surface area contributed by atoms with Crippen LogP contribution in [0.25, 0.3) is 5.76 Å². The summed E-state index contributed by atoms with van der Waals surface area (Å²) in [5, 5.41) is 21.5. The van der Waals surface area contributed by atoms with Crippen molar-refractivity contribution in [3.05, 3.63) is 64.7 Å². The van der Waals surface area contributed by atoms with Gasteiger partial charge in [0.1, 0.15) is 17.3 Å². The number of carbonyl (C=O) groups excluding carboxylic acids is 2. The monoisotopic (exact) mass is 465 g/mol.